The topological polar surface area (TPSA) is 21.3 Å². The molecule has 26 heavy (non-hydrogen) atoms. The Bertz CT molecular complexity index is 526. The molecule has 0 aromatic heterocycles. The third-order valence-corrected chi connectivity index (χ3v) is 4.19. The Kier molecular flexibility index (Phi) is 13.2. The molecule has 1 atom stereocenters. The zero-order valence-corrected chi connectivity index (χ0v) is 16.9. The number of nitrogens with one attached hydrogen (secondary N) is 1. The number of hydrogen-bond donors (Lipinski definition) is 1. The Hall–Kier alpha value is -1.80. The number of hydrogen-bond acceptors (Lipinski definition) is 2. The van der Waals surface area contributed by atoms with Crippen LogP contribution >= 0.6 is 0 Å². The number of para-hydroxylation sites is 1. The average Bonchev–Trinajstić information content (AvgIpc) is 2.69. The number of anilines is 1. The average molecular weight is 356 g/mol. The lowest BCUT2D eigenvalue weighted by Gasteiger charge is -2.13. The molecule has 0 amide bonds. The maximum absolute atomic E-state index is 5.37. The Morgan fingerprint density at radius 1 is 0.846 bits per heavy atom. The molecule has 0 saturated heterocycles. The summed E-state index contributed by atoms with van der Waals surface area (Å²) in [6.07, 6.45) is 6.49. The molecule has 0 aliphatic rings. The van der Waals surface area contributed by atoms with Gasteiger partial charge in [0.2, 0.25) is 0 Å². The summed E-state index contributed by atoms with van der Waals surface area (Å²) in [5.41, 5.74) is 2.49. The van der Waals surface area contributed by atoms with E-state index in [-0.39, 0.29) is 0 Å². The van der Waals surface area contributed by atoms with Crippen molar-refractivity contribution in [2.45, 2.75) is 59.5 Å². The second-order valence-electron chi connectivity index (χ2n) is 6.89. The van der Waals surface area contributed by atoms with Crippen LogP contribution in [-0.4, -0.2) is 13.2 Å². The molecule has 0 saturated carbocycles. The molecule has 2 aromatic rings. The van der Waals surface area contributed by atoms with Crippen molar-refractivity contribution in [2.24, 2.45) is 5.92 Å². The monoisotopic (exact) mass is 355 g/mol. The first kappa shape index (κ1) is 22.2. The fourth-order valence-corrected chi connectivity index (χ4v) is 2.60. The first-order valence-corrected chi connectivity index (χ1v) is 10.2. The minimum absolute atomic E-state index is 0.745. The van der Waals surface area contributed by atoms with E-state index in [4.69, 9.17) is 4.74 Å². The zero-order chi connectivity index (χ0) is 18.9. The lowest BCUT2D eigenvalue weighted by Crippen LogP contribution is -2.11. The van der Waals surface area contributed by atoms with Crippen molar-refractivity contribution in [3.05, 3.63) is 66.2 Å². The second-order valence-corrected chi connectivity index (χ2v) is 6.89. The highest BCUT2D eigenvalue weighted by molar-refractivity contribution is 5.42. The minimum Gasteiger partial charge on any atom is -0.385 e. The SMILES string of the molecule is CCCCCC(C)CNc1ccccc1.CCCOCc1ccccc1. The van der Waals surface area contributed by atoms with Gasteiger partial charge in [0.15, 0.2) is 0 Å². The van der Waals surface area contributed by atoms with Gasteiger partial charge in [0.05, 0.1) is 6.61 Å². The molecule has 0 bridgehead atoms. The summed E-state index contributed by atoms with van der Waals surface area (Å²) in [5.74, 6) is 0.775. The van der Waals surface area contributed by atoms with Gasteiger partial charge in [0.1, 0.15) is 0 Å². The standard InChI is InChI=1S/C14H23N.C10H14O/c1-3-4-6-9-13(2)12-15-14-10-7-5-8-11-14;1-2-8-11-9-10-6-4-3-5-7-10/h5,7-8,10-11,13,15H,3-4,6,9,12H2,1-2H3;3-7H,2,8-9H2,1H3. The van der Waals surface area contributed by atoms with Gasteiger partial charge in [-0.3, -0.25) is 0 Å². The number of rotatable bonds is 11. The molecule has 0 radical (unpaired) electrons. The largest absolute Gasteiger partial charge is 0.385 e. The summed E-state index contributed by atoms with van der Waals surface area (Å²) >= 11 is 0. The summed E-state index contributed by atoms with van der Waals surface area (Å²) in [6, 6.07) is 20.7. The molecule has 2 nitrogen and oxygen atoms in total. The molecule has 0 heterocycles. The van der Waals surface area contributed by atoms with Crippen LogP contribution in [0.2, 0.25) is 0 Å². The summed E-state index contributed by atoms with van der Waals surface area (Å²) in [4.78, 5) is 0. The molecule has 2 rings (SSSR count). The van der Waals surface area contributed by atoms with E-state index in [0.717, 1.165) is 32.1 Å². The quantitative estimate of drug-likeness (QED) is 0.441. The van der Waals surface area contributed by atoms with Crippen LogP contribution in [0.3, 0.4) is 0 Å². The van der Waals surface area contributed by atoms with E-state index in [1.807, 2.05) is 18.2 Å². The maximum atomic E-state index is 5.37. The van der Waals surface area contributed by atoms with Crippen molar-refractivity contribution in [1.82, 2.24) is 0 Å². The van der Waals surface area contributed by atoms with Crippen LogP contribution < -0.4 is 5.32 Å². The first-order valence-electron chi connectivity index (χ1n) is 10.2. The highest BCUT2D eigenvalue weighted by Crippen LogP contribution is 2.11. The fraction of sp³-hybridized carbons (Fsp3) is 0.500. The lowest BCUT2D eigenvalue weighted by molar-refractivity contribution is 0.121. The van der Waals surface area contributed by atoms with Crippen molar-refractivity contribution >= 4 is 5.69 Å². The molecule has 2 aromatic carbocycles. The Balaban J connectivity index is 0.000000273. The molecule has 0 aliphatic carbocycles. The van der Waals surface area contributed by atoms with E-state index in [0.29, 0.717) is 0 Å². The van der Waals surface area contributed by atoms with Crippen molar-refractivity contribution in [1.29, 1.82) is 0 Å². The predicted molar refractivity (Wildman–Crippen MR) is 115 cm³/mol. The van der Waals surface area contributed by atoms with Crippen LogP contribution in [-0.2, 0) is 11.3 Å². The lowest BCUT2D eigenvalue weighted by atomic mass is 10.0. The van der Waals surface area contributed by atoms with Gasteiger partial charge in [-0.15, -0.1) is 0 Å². The molecule has 1 unspecified atom stereocenters. The van der Waals surface area contributed by atoms with E-state index in [9.17, 15) is 0 Å². The summed E-state index contributed by atoms with van der Waals surface area (Å²) in [5, 5.41) is 3.47. The molecule has 0 aliphatic heterocycles. The van der Waals surface area contributed by atoms with Gasteiger partial charge >= 0.3 is 0 Å². The van der Waals surface area contributed by atoms with Gasteiger partial charge in [0.25, 0.3) is 0 Å². The molecule has 0 fully saturated rings. The van der Waals surface area contributed by atoms with Gasteiger partial charge in [-0.2, -0.15) is 0 Å². The third kappa shape index (κ3) is 11.7. The van der Waals surface area contributed by atoms with Gasteiger partial charge in [-0.05, 0) is 36.5 Å². The molecule has 1 N–H and O–H groups in total. The van der Waals surface area contributed by atoms with Gasteiger partial charge in [-0.1, -0.05) is 88.6 Å². The Morgan fingerprint density at radius 2 is 1.50 bits per heavy atom. The van der Waals surface area contributed by atoms with Crippen LogP contribution in [0.25, 0.3) is 0 Å². The maximum Gasteiger partial charge on any atom is 0.0716 e. The Labute approximate surface area is 161 Å². The van der Waals surface area contributed by atoms with E-state index in [1.165, 1.54) is 36.9 Å². The van der Waals surface area contributed by atoms with E-state index >= 15 is 0 Å². The molecule has 0 spiro atoms. The third-order valence-electron chi connectivity index (χ3n) is 4.19. The highest BCUT2D eigenvalue weighted by Gasteiger charge is 2.00. The smallest absolute Gasteiger partial charge is 0.0716 e. The van der Waals surface area contributed by atoms with Gasteiger partial charge < -0.3 is 10.1 Å². The summed E-state index contributed by atoms with van der Waals surface area (Å²) in [6.45, 7) is 9.39. The minimum atomic E-state index is 0.745. The van der Waals surface area contributed by atoms with Crippen molar-refractivity contribution < 1.29 is 4.74 Å². The molecule has 2 heteroatoms. The van der Waals surface area contributed by atoms with Crippen molar-refractivity contribution in [3.63, 3.8) is 0 Å². The number of unbranched alkanes of at least 4 members (excludes halogenated alkanes) is 2. The van der Waals surface area contributed by atoms with Crippen LogP contribution in [0, 0.1) is 5.92 Å². The van der Waals surface area contributed by atoms with Gasteiger partial charge in [0, 0.05) is 18.8 Å². The van der Waals surface area contributed by atoms with Crippen molar-refractivity contribution in [2.75, 3.05) is 18.5 Å². The highest BCUT2D eigenvalue weighted by atomic mass is 16.5. The normalized spacial score (nSPS) is 11.3. The number of benzene rings is 2. The molecule has 144 valence electrons. The predicted octanol–water partition coefficient (Wildman–Crippen LogP) is 6.93. The first-order chi connectivity index (χ1) is 12.8. The second kappa shape index (κ2) is 15.5. The van der Waals surface area contributed by atoms with Crippen molar-refractivity contribution in [3.8, 4) is 0 Å². The fourth-order valence-electron chi connectivity index (χ4n) is 2.60. The molecular formula is C24H37NO. The van der Waals surface area contributed by atoms with Crippen LogP contribution in [0.15, 0.2) is 60.7 Å². The van der Waals surface area contributed by atoms with Gasteiger partial charge in [-0.25, -0.2) is 0 Å². The molecular weight excluding hydrogens is 318 g/mol. The van der Waals surface area contributed by atoms with Crippen LogP contribution in [0.5, 0.6) is 0 Å². The van der Waals surface area contributed by atoms with E-state index < -0.39 is 0 Å². The number of ether oxygens (including phenoxy) is 1. The van der Waals surface area contributed by atoms with Crippen LogP contribution in [0.4, 0.5) is 5.69 Å². The Morgan fingerprint density at radius 3 is 2.12 bits per heavy atom. The summed E-state index contributed by atoms with van der Waals surface area (Å²) < 4.78 is 5.37. The summed E-state index contributed by atoms with van der Waals surface area (Å²) in [7, 11) is 0. The van der Waals surface area contributed by atoms with E-state index in [2.05, 4.69) is 68.6 Å². The van der Waals surface area contributed by atoms with Crippen LogP contribution in [0.1, 0.15) is 58.4 Å². The zero-order valence-electron chi connectivity index (χ0n) is 16.9. The van der Waals surface area contributed by atoms with E-state index in [1.54, 1.807) is 0 Å².